The molecule has 0 amide bonds. The quantitative estimate of drug-likeness (QED) is 0.660. The second-order valence-corrected chi connectivity index (χ2v) is 5.53. The Morgan fingerprint density at radius 3 is 2.73 bits per heavy atom. The van der Waals surface area contributed by atoms with Gasteiger partial charge in [0.25, 0.3) is 0 Å². The highest BCUT2D eigenvalue weighted by Crippen LogP contribution is 2.20. The molecule has 3 heterocycles. The molecule has 1 atom stereocenters. The lowest BCUT2D eigenvalue weighted by Gasteiger charge is -2.18. The molecule has 0 radical (unpaired) electrons. The van der Waals surface area contributed by atoms with Crippen LogP contribution >= 0.6 is 0 Å². The van der Waals surface area contributed by atoms with E-state index in [9.17, 15) is 4.79 Å². The minimum absolute atomic E-state index is 0.148. The average molecular weight is 354 g/mol. The number of rotatable bonds is 7. The van der Waals surface area contributed by atoms with Gasteiger partial charge in [0.05, 0.1) is 35.3 Å². The zero-order valence-corrected chi connectivity index (χ0v) is 14.3. The van der Waals surface area contributed by atoms with Gasteiger partial charge in [-0.05, 0) is 24.3 Å². The highest BCUT2D eigenvalue weighted by Gasteiger charge is 2.17. The Morgan fingerprint density at radius 2 is 2.04 bits per heavy atom. The number of carbonyl (C=O) groups is 1. The molecule has 0 aromatic carbocycles. The maximum Gasteiger partial charge on any atom is 0.335 e. The first-order valence-corrected chi connectivity index (χ1v) is 7.84. The molecule has 0 aliphatic carbocycles. The molecule has 0 saturated heterocycles. The van der Waals surface area contributed by atoms with Crippen molar-refractivity contribution in [2.45, 2.75) is 6.04 Å². The summed E-state index contributed by atoms with van der Waals surface area (Å²) in [6.45, 7) is 0.403. The molecule has 0 unspecified atom stereocenters. The topological polar surface area (TPSA) is 115 Å². The van der Waals surface area contributed by atoms with Gasteiger partial charge in [-0.25, -0.2) is 14.8 Å². The van der Waals surface area contributed by atoms with Crippen LogP contribution in [0.4, 0.5) is 5.95 Å². The zero-order valence-electron chi connectivity index (χ0n) is 14.3. The molecule has 2 N–H and O–H groups in total. The number of aromatic nitrogens is 5. The van der Waals surface area contributed by atoms with Crippen molar-refractivity contribution < 1.29 is 14.6 Å². The van der Waals surface area contributed by atoms with Crippen molar-refractivity contribution in [3.05, 3.63) is 54.1 Å². The SMILES string of the molecule is COC[C@H](Nc1nccc(-c2cc(C(=O)O)ccn2)n1)c1ccnn1C. The van der Waals surface area contributed by atoms with Crippen LogP contribution in [0, 0.1) is 0 Å². The molecule has 3 rings (SSSR count). The van der Waals surface area contributed by atoms with E-state index in [0.717, 1.165) is 5.69 Å². The predicted octanol–water partition coefficient (Wildman–Crippen LogP) is 1.77. The van der Waals surface area contributed by atoms with E-state index in [-0.39, 0.29) is 11.6 Å². The molecular weight excluding hydrogens is 336 g/mol. The number of aryl methyl sites for hydroxylation is 1. The van der Waals surface area contributed by atoms with Crippen LogP contribution in [-0.4, -0.2) is 49.5 Å². The first kappa shape index (κ1) is 17.5. The largest absolute Gasteiger partial charge is 0.478 e. The van der Waals surface area contributed by atoms with Gasteiger partial charge >= 0.3 is 5.97 Å². The summed E-state index contributed by atoms with van der Waals surface area (Å²) in [5, 5.41) is 16.5. The van der Waals surface area contributed by atoms with Crippen molar-refractivity contribution in [1.29, 1.82) is 0 Å². The average Bonchev–Trinajstić information content (AvgIpc) is 3.07. The van der Waals surface area contributed by atoms with E-state index in [2.05, 4.69) is 25.4 Å². The monoisotopic (exact) mass is 354 g/mol. The van der Waals surface area contributed by atoms with E-state index in [0.29, 0.717) is 23.9 Å². The van der Waals surface area contributed by atoms with Gasteiger partial charge < -0.3 is 15.2 Å². The second-order valence-electron chi connectivity index (χ2n) is 5.53. The van der Waals surface area contributed by atoms with Crippen LogP contribution in [0.1, 0.15) is 22.1 Å². The Hall–Kier alpha value is -3.33. The summed E-state index contributed by atoms with van der Waals surface area (Å²) in [5.41, 5.74) is 2.05. The van der Waals surface area contributed by atoms with Crippen LogP contribution in [0.3, 0.4) is 0 Å². The molecule has 0 saturated carbocycles. The Kier molecular flexibility index (Phi) is 5.18. The maximum absolute atomic E-state index is 11.1. The molecule has 0 aliphatic rings. The standard InChI is InChI=1S/C17H18N6O3/c1-23-15(5-8-20-23)14(10-26-2)22-17-19-7-4-12(21-17)13-9-11(16(24)25)3-6-18-13/h3-9,14H,10H2,1-2H3,(H,24,25)(H,19,21,22)/t14-/m0/s1. The van der Waals surface area contributed by atoms with Gasteiger partial charge in [0.1, 0.15) is 0 Å². The molecular formula is C17H18N6O3. The van der Waals surface area contributed by atoms with E-state index in [4.69, 9.17) is 9.84 Å². The van der Waals surface area contributed by atoms with Gasteiger partial charge in [-0.3, -0.25) is 9.67 Å². The minimum Gasteiger partial charge on any atom is -0.478 e. The van der Waals surface area contributed by atoms with Crippen LogP contribution in [0.25, 0.3) is 11.4 Å². The molecule has 9 nitrogen and oxygen atoms in total. The van der Waals surface area contributed by atoms with Crippen molar-refractivity contribution in [2.75, 3.05) is 19.0 Å². The molecule has 0 aliphatic heterocycles. The van der Waals surface area contributed by atoms with Crippen LogP contribution in [0.15, 0.2) is 42.9 Å². The molecule has 0 bridgehead atoms. The van der Waals surface area contributed by atoms with E-state index in [1.54, 1.807) is 30.3 Å². The summed E-state index contributed by atoms with van der Waals surface area (Å²) in [6, 6.07) is 6.28. The molecule has 26 heavy (non-hydrogen) atoms. The lowest BCUT2D eigenvalue weighted by molar-refractivity contribution is 0.0697. The van der Waals surface area contributed by atoms with Crippen LogP contribution in [-0.2, 0) is 11.8 Å². The Morgan fingerprint density at radius 1 is 1.23 bits per heavy atom. The molecule has 134 valence electrons. The maximum atomic E-state index is 11.1. The Balaban J connectivity index is 1.88. The van der Waals surface area contributed by atoms with Crippen molar-refractivity contribution >= 4 is 11.9 Å². The van der Waals surface area contributed by atoms with Crippen molar-refractivity contribution in [1.82, 2.24) is 24.7 Å². The van der Waals surface area contributed by atoms with Gasteiger partial charge in [0.15, 0.2) is 0 Å². The summed E-state index contributed by atoms with van der Waals surface area (Å²) in [5.74, 6) is -0.634. The first-order valence-electron chi connectivity index (χ1n) is 7.84. The number of methoxy groups -OCH3 is 1. The number of aromatic carboxylic acids is 1. The third-order valence-corrected chi connectivity index (χ3v) is 3.78. The van der Waals surface area contributed by atoms with Crippen LogP contribution in [0.5, 0.6) is 0 Å². The minimum atomic E-state index is -1.02. The van der Waals surface area contributed by atoms with E-state index >= 15 is 0 Å². The molecule has 3 aromatic rings. The highest BCUT2D eigenvalue weighted by molar-refractivity contribution is 5.88. The van der Waals surface area contributed by atoms with Gasteiger partial charge in [-0.2, -0.15) is 5.10 Å². The fourth-order valence-electron chi connectivity index (χ4n) is 2.52. The van der Waals surface area contributed by atoms with Crippen LogP contribution < -0.4 is 5.32 Å². The predicted molar refractivity (Wildman–Crippen MR) is 93.7 cm³/mol. The number of carboxylic acids is 1. The van der Waals surface area contributed by atoms with Crippen LogP contribution in [0.2, 0.25) is 0 Å². The number of pyridine rings is 1. The lowest BCUT2D eigenvalue weighted by atomic mass is 10.2. The zero-order chi connectivity index (χ0) is 18.5. The number of ether oxygens (including phenoxy) is 1. The highest BCUT2D eigenvalue weighted by atomic mass is 16.5. The number of nitrogens with one attached hydrogen (secondary N) is 1. The lowest BCUT2D eigenvalue weighted by Crippen LogP contribution is -2.20. The van der Waals surface area contributed by atoms with Gasteiger partial charge in [0.2, 0.25) is 5.95 Å². The molecule has 0 spiro atoms. The number of hydrogen-bond acceptors (Lipinski definition) is 7. The van der Waals surface area contributed by atoms with Gasteiger partial charge in [0, 0.05) is 32.7 Å². The molecule has 0 fully saturated rings. The van der Waals surface area contributed by atoms with Crippen molar-refractivity contribution in [2.24, 2.45) is 7.05 Å². The molecule has 3 aromatic heterocycles. The fourth-order valence-corrected chi connectivity index (χ4v) is 2.52. The smallest absolute Gasteiger partial charge is 0.335 e. The summed E-state index contributed by atoms with van der Waals surface area (Å²) < 4.78 is 7.02. The first-order chi connectivity index (χ1) is 12.6. The van der Waals surface area contributed by atoms with E-state index in [1.807, 2.05) is 13.1 Å². The summed E-state index contributed by atoms with van der Waals surface area (Å²) in [7, 11) is 3.46. The summed E-state index contributed by atoms with van der Waals surface area (Å²) in [6.07, 6.45) is 4.74. The van der Waals surface area contributed by atoms with Gasteiger partial charge in [-0.15, -0.1) is 0 Å². The fraction of sp³-hybridized carbons (Fsp3) is 0.235. The molecule has 9 heteroatoms. The summed E-state index contributed by atoms with van der Waals surface area (Å²) in [4.78, 5) is 24.0. The summed E-state index contributed by atoms with van der Waals surface area (Å²) >= 11 is 0. The van der Waals surface area contributed by atoms with Crippen molar-refractivity contribution in [3.63, 3.8) is 0 Å². The third kappa shape index (κ3) is 3.83. The second kappa shape index (κ2) is 7.70. The number of anilines is 1. The van der Waals surface area contributed by atoms with E-state index in [1.165, 1.54) is 18.3 Å². The van der Waals surface area contributed by atoms with E-state index < -0.39 is 5.97 Å². The Labute approximate surface area is 149 Å². The number of carboxylic acid groups (broad SMARTS) is 1. The number of nitrogens with zero attached hydrogens (tertiary/aromatic N) is 5. The van der Waals surface area contributed by atoms with Gasteiger partial charge in [-0.1, -0.05) is 0 Å². The Bertz CT molecular complexity index is 911. The number of hydrogen-bond donors (Lipinski definition) is 2. The third-order valence-electron chi connectivity index (χ3n) is 3.78. The normalized spacial score (nSPS) is 11.9. The van der Waals surface area contributed by atoms with Crippen molar-refractivity contribution in [3.8, 4) is 11.4 Å².